The van der Waals surface area contributed by atoms with E-state index in [0.717, 1.165) is 4.90 Å². The maximum Gasteiger partial charge on any atom is 0.278 e. The number of nitrogens with one attached hydrogen (secondary N) is 2. The second kappa shape index (κ2) is 9.09. The molecule has 7 heteroatoms. The van der Waals surface area contributed by atoms with Crippen molar-refractivity contribution < 1.29 is 19.1 Å². The molecule has 0 fully saturated rings. The first-order chi connectivity index (χ1) is 14.4. The van der Waals surface area contributed by atoms with Crippen LogP contribution in [0, 0.1) is 0 Å². The third kappa shape index (κ3) is 4.41. The highest BCUT2D eigenvalue weighted by Crippen LogP contribution is 2.31. The first-order valence-electron chi connectivity index (χ1n) is 9.53. The maximum atomic E-state index is 13.0. The molecule has 154 valence electrons. The van der Waals surface area contributed by atoms with Crippen LogP contribution in [-0.2, 0) is 14.4 Å². The van der Waals surface area contributed by atoms with E-state index in [0.29, 0.717) is 29.3 Å². The molecule has 2 N–H and O–H groups in total. The molecule has 0 saturated carbocycles. The first kappa shape index (κ1) is 20.9. The van der Waals surface area contributed by atoms with Gasteiger partial charge in [-0.1, -0.05) is 18.2 Å². The summed E-state index contributed by atoms with van der Waals surface area (Å²) in [4.78, 5) is 38.2. The molecule has 3 rings (SSSR count). The van der Waals surface area contributed by atoms with Crippen molar-refractivity contribution in [2.24, 2.45) is 0 Å². The summed E-state index contributed by atoms with van der Waals surface area (Å²) in [5, 5.41) is 5.75. The quantitative estimate of drug-likeness (QED) is 0.519. The average Bonchev–Trinajstić information content (AvgIpc) is 2.95. The van der Waals surface area contributed by atoms with Crippen LogP contribution >= 0.6 is 0 Å². The van der Waals surface area contributed by atoms with E-state index >= 15 is 0 Å². The van der Waals surface area contributed by atoms with Crippen molar-refractivity contribution in [1.29, 1.82) is 0 Å². The van der Waals surface area contributed by atoms with Crippen molar-refractivity contribution in [2.75, 3.05) is 23.8 Å². The highest BCUT2D eigenvalue weighted by atomic mass is 16.5. The molecule has 7 nitrogen and oxygen atoms in total. The largest absolute Gasteiger partial charge is 0.494 e. The van der Waals surface area contributed by atoms with Gasteiger partial charge in [0.1, 0.15) is 11.4 Å². The standard InChI is InChI=1S/C23H23N3O4/c1-4-14-26-22(28)20(16-6-12-19(13-7-16)30-5-2)21(23(26)29)25-18-10-8-17(9-11-18)24-15(3)27/h4,6-13,25H,1,5,14H2,2-3H3,(H,24,27). The molecule has 30 heavy (non-hydrogen) atoms. The van der Waals surface area contributed by atoms with E-state index in [4.69, 9.17) is 4.74 Å². The number of amides is 3. The second-order valence-corrected chi connectivity index (χ2v) is 6.60. The number of carbonyl (C=O) groups is 3. The maximum absolute atomic E-state index is 13.0. The van der Waals surface area contributed by atoms with Gasteiger partial charge in [-0.3, -0.25) is 19.3 Å². The summed E-state index contributed by atoms with van der Waals surface area (Å²) in [6, 6.07) is 13.9. The van der Waals surface area contributed by atoms with E-state index < -0.39 is 5.91 Å². The van der Waals surface area contributed by atoms with Crippen molar-refractivity contribution >= 4 is 34.7 Å². The molecular formula is C23H23N3O4. The van der Waals surface area contributed by atoms with Gasteiger partial charge in [-0.15, -0.1) is 6.58 Å². The van der Waals surface area contributed by atoms with Gasteiger partial charge in [0.25, 0.3) is 11.8 Å². The summed E-state index contributed by atoms with van der Waals surface area (Å²) in [5.41, 5.74) is 2.34. The lowest BCUT2D eigenvalue weighted by atomic mass is 10.0. The molecule has 0 spiro atoms. The Balaban J connectivity index is 1.96. The summed E-state index contributed by atoms with van der Waals surface area (Å²) < 4.78 is 5.46. The lowest BCUT2D eigenvalue weighted by molar-refractivity contribution is -0.136. The Morgan fingerprint density at radius 3 is 2.23 bits per heavy atom. The van der Waals surface area contributed by atoms with Crippen LogP contribution in [0.3, 0.4) is 0 Å². The van der Waals surface area contributed by atoms with Crippen LogP contribution in [0.2, 0.25) is 0 Å². The van der Waals surface area contributed by atoms with E-state index in [1.807, 2.05) is 6.92 Å². The summed E-state index contributed by atoms with van der Waals surface area (Å²) in [6.07, 6.45) is 1.51. The molecule has 0 radical (unpaired) electrons. The number of benzene rings is 2. The van der Waals surface area contributed by atoms with E-state index in [9.17, 15) is 14.4 Å². The highest BCUT2D eigenvalue weighted by Gasteiger charge is 2.38. The molecule has 0 saturated heterocycles. The van der Waals surface area contributed by atoms with Crippen LogP contribution in [0.5, 0.6) is 5.75 Å². The van der Waals surface area contributed by atoms with E-state index in [-0.39, 0.29) is 29.6 Å². The fraction of sp³-hybridized carbons (Fsp3) is 0.174. The van der Waals surface area contributed by atoms with Crippen LogP contribution in [0.1, 0.15) is 19.4 Å². The van der Waals surface area contributed by atoms with Crippen molar-refractivity contribution in [1.82, 2.24) is 4.90 Å². The Hall–Kier alpha value is -3.87. The molecule has 3 amide bonds. The van der Waals surface area contributed by atoms with Crippen molar-refractivity contribution in [3.05, 3.63) is 72.4 Å². The summed E-state index contributed by atoms with van der Waals surface area (Å²) in [7, 11) is 0. The predicted molar refractivity (Wildman–Crippen MR) is 116 cm³/mol. The van der Waals surface area contributed by atoms with Gasteiger partial charge in [-0.05, 0) is 48.9 Å². The highest BCUT2D eigenvalue weighted by molar-refractivity contribution is 6.36. The van der Waals surface area contributed by atoms with Gasteiger partial charge >= 0.3 is 0 Å². The molecular weight excluding hydrogens is 382 g/mol. The zero-order valence-electron chi connectivity index (χ0n) is 16.9. The minimum absolute atomic E-state index is 0.116. The topological polar surface area (TPSA) is 87.7 Å². The zero-order chi connectivity index (χ0) is 21.7. The Kier molecular flexibility index (Phi) is 6.32. The van der Waals surface area contributed by atoms with Crippen molar-refractivity contribution in [2.45, 2.75) is 13.8 Å². The Morgan fingerprint density at radius 1 is 1.03 bits per heavy atom. The Labute approximate surface area is 175 Å². The summed E-state index contributed by atoms with van der Waals surface area (Å²) in [5.74, 6) is -0.298. The second-order valence-electron chi connectivity index (χ2n) is 6.60. The number of hydrogen-bond donors (Lipinski definition) is 2. The van der Waals surface area contributed by atoms with Crippen LogP contribution < -0.4 is 15.4 Å². The molecule has 2 aromatic carbocycles. The number of ether oxygens (including phenoxy) is 1. The van der Waals surface area contributed by atoms with Crippen molar-refractivity contribution in [3.63, 3.8) is 0 Å². The zero-order valence-corrected chi connectivity index (χ0v) is 16.9. The van der Waals surface area contributed by atoms with Gasteiger partial charge in [0.2, 0.25) is 5.91 Å². The SMILES string of the molecule is C=CCN1C(=O)C(Nc2ccc(NC(C)=O)cc2)=C(c2ccc(OCC)cc2)C1=O. The average molecular weight is 405 g/mol. The monoisotopic (exact) mass is 405 g/mol. The van der Waals surface area contributed by atoms with Crippen LogP contribution in [0.25, 0.3) is 5.57 Å². The van der Waals surface area contributed by atoms with Gasteiger partial charge < -0.3 is 15.4 Å². The predicted octanol–water partition coefficient (Wildman–Crippen LogP) is 3.42. The summed E-state index contributed by atoms with van der Waals surface area (Å²) >= 11 is 0. The lowest BCUT2D eigenvalue weighted by Crippen LogP contribution is -2.32. The third-order valence-electron chi connectivity index (χ3n) is 4.41. The smallest absolute Gasteiger partial charge is 0.278 e. The van der Waals surface area contributed by atoms with Gasteiger partial charge in [0, 0.05) is 24.8 Å². The van der Waals surface area contributed by atoms with E-state index in [1.54, 1.807) is 48.5 Å². The minimum Gasteiger partial charge on any atom is -0.494 e. The van der Waals surface area contributed by atoms with E-state index in [2.05, 4.69) is 17.2 Å². The van der Waals surface area contributed by atoms with Crippen molar-refractivity contribution in [3.8, 4) is 5.75 Å². The molecule has 1 aliphatic rings. The minimum atomic E-state index is -0.422. The molecule has 1 aliphatic heterocycles. The van der Waals surface area contributed by atoms with Crippen LogP contribution in [0.15, 0.2) is 66.9 Å². The molecule has 0 unspecified atom stereocenters. The lowest BCUT2D eigenvalue weighted by Gasteiger charge is -2.12. The number of carbonyl (C=O) groups excluding carboxylic acids is 3. The Morgan fingerprint density at radius 2 is 1.67 bits per heavy atom. The fourth-order valence-electron chi connectivity index (χ4n) is 3.12. The molecule has 0 atom stereocenters. The number of nitrogens with zero attached hydrogens (tertiary/aromatic N) is 1. The van der Waals surface area contributed by atoms with Crippen LogP contribution in [0.4, 0.5) is 11.4 Å². The normalized spacial score (nSPS) is 13.5. The molecule has 0 aliphatic carbocycles. The van der Waals surface area contributed by atoms with Crippen LogP contribution in [-0.4, -0.2) is 35.8 Å². The fourth-order valence-corrected chi connectivity index (χ4v) is 3.12. The molecule has 1 heterocycles. The number of rotatable bonds is 8. The molecule has 0 aromatic heterocycles. The van der Waals surface area contributed by atoms with Gasteiger partial charge in [-0.2, -0.15) is 0 Å². The number of hydrogen-bond acceptors (Lipinski definition) is 5. The van der Waals surface area contributed by atoms with Gasteiger partial charge in [-0.25, -0.2) is 0 Å². The first-order valence-corrected chi connectivity index (χ1v) is 9.53. The summed E-state index contributed by atoms with van der Waals surface area (Å²) in [6.45, 7) is 7.60. The van der Waals surface area contributed by atoms with E-state index in [1.165, 1.54) is 13.0 Å². The van der Waals surface area contributed by atoms with Gasteiger partial charge in [0.05, 0.1) is 12.2 Å². The molecule has 2 aromatic rings. The van der Waals surface area contributed by atoms with Gasteiger partial charge in [0.15, 0.2) is 0 Å². The third-order valence-corrected chi connectivity index (χ3v) is 4.41. The Bertz CT molecular complexity index is 1010. The molecule has 0 bridgehead atoms. The number of anilines is 2. The number of imide groups is 1.